The molecule has 1 heterocycles. The maximum Gasteiger partial charge on any atom is 0.0701 e. The first-order valence-corrected chi connectivity index (χ1v) is 5.28. The van der Waals surface area contributed by atoms with Crippen molar-refractivity contribution >= 4 is 11.3 Å². The standard InChI is InChI=1S/C12H9NS/c13-8-6-12-11(7-9-14-12)10-4-2-1-3-5-10/h1-5,7,9H,6H2. The topological polar surface area (TPSA) is 23.8 Å². The van der Waals surface area contributed by atoms with Crippen molar-refractivity contribution in [3.63, 3.8) is 0 Å². The molecule has 2 heteroatoms. The first-order chi connectivity index (χ1) is 6.92. The van der Waals surface area contributed by atoms with Gasteiger partial charge in [0.1, 0.15) is 0 Å². The summed E-state index contributed by atoms with van der Waals surface area (Å²) >= 11 is 1.65. The zero-order chi connectivity index (χ0) is 9.80. The average Bonchev–Trinajstić information content (AvgIpc) is 2.68. The smallest absolute Gasteiger partial charge is 0.0701 e. The van der Waals surface area contributed by atoms with Crippen LogP contribution >= 0.6 is 11.3 Å². The van der Waals surface area contributed by atoms with Crippen molar-refractivity contribution in [2.75, 3.05) is 0 Å². The summed E-state index contributed by atoms with van der Waals surface area (Å²) in [5.74, 6) is 0. The van der Waals surface area contributed by atoms with Gasteiger partial charge in [-0.15, -0.1) is 11.3 Å². The molecule has 0 amide bonds. The summed E-state index contributed by atoms with van der Waals surface area (Å²) in [5, 5.41) is 10.7. The van der Waals surface area contributed by atoms with Gasteiger partial charge in [-0.05, 0) is 22.6 Å². The molecule has 0 unspecified atom stereocenters. The maximum atomic E-state index is 8.67. The van der Waals surface area contributed by atoms with Gasteiger partial charge in [0.15, 0.2) is 0 Å². The zero-order valence-corrected chi connectivity index (χ0v) is 8.42. The van der Waals surface area contributed by atoms with Gasteiger partial charge in [-0.1, -0.05) is 30.3 Å². The number of benzene rings is 1. The maximum absolute atomic E-state index is 8.67. The number of nitrogens with zero attached hydrogens (tertiary/aromatic N) is 1. The van der Waals surface area contributed by atoms with Gasteiger partial charge in [0, 0.05) is 4.88 Å². The van der Waals surface area contributed by atoms with Gasteiger partial charge >= 0.3 is 0 Å². The molecule has 0 N–H and O–H groups in total. The van der Waals surface area contributed by atoms with E-state index < -0.39 is 0 Å². The summed E-state index contributed by atoms with van der Waals surface area (Å²) in [5.41, 5.74) is 2.39. The molecule has 0 fully saturated rings. The van der Waals surface area contributed by atoms with Crippen molar-refractivity contribution < 1.29 is 0 Å². The Labute approximate surface area is 87.3 Å². The van der Waals surface area contributed by atoms with E-state index in [-0.39, 0.29) is 0 Å². The Hall–Kier alpha value is -1.59. The predicted molar refractivity (Wildman–Crippen MR) is 59.1 cm³/mol. The Kier molecular flexibility index (Phi) is 2.62. The summed E-state index contributed by atoms with van der Waals surface area (Å²) in [6, 6.07) is 14.4. The molecule has 2 rings (SSSR count). The zero-order valence-electron chi connectivity index (χ0n) is 7.60. The molecule has 0 saturated carbocycles. The van der Waals surface area contributed by atoms with Crippen LogP contribution in [0.1, 0.15) is 4.88 Å². The summed E-state index contributed by atoms with van der Waals surface area (Å²) in [6.07, 6.45) is 0.502. The lowest BCUT2D eigenvalue weighted by Gasteiger charge is -1.99. The van der Waals surface area contributed by atoms with E-state index in [4.69, 9.17) is 5.26 Å². The molecule has 1 aromatic heterocycles. The molecule has 0 bridgehead atoms. The van der Waals surface area contributed by atoms with Crippen LogP contribution in [0.25, 0.3) is 11.1 Å². The van der Waals surface area contributed by atoms with Crippen LogP contribution in [0.3, 0.4) is 0 Å². The molecule has 0 saturated heterocycles. The van der Waals surface area contributed by atoms with Gasteiger partial charge in [0.25, 0.3) is 0 Å². The lowest BCUT2D eigenvalue weighted by atomic mass is 10.1. The van der Waals surface area contributed by atoms with Crippen LogP contribution in [0.15, 0.2) is 41.8 Å². The van der Waals surface area contributed by atoms with Crippen LogP contribution in [0.5, 0.6) is 0 Å². The molecule has 14 heavy (non-hydrogen) atoms. The van der Waals surface area contributed by atoms with Crippen molar-refractivity contribution in [2.24, 2.45) is 0 Å². The number of nitriles is 1. The first kappa shape index (κ1) is 8.98. The van der Waals surface area contributed by atoms with Crippen LogP contribution in [0, 0.1) is 11.3 Å². The van der Waals surface area contributed by atoms with E-state index in [0.717, 1.165) is 4.88 Å². The second-order valence-corrected chi connectivity index (χ2v) is 3.96. The fourth-order valence-electron chi connectivity index (χ4n) is 1.42. The lowest BCUT2D eigenvalue weighted by Crippen LogP contribution is -1.80. The molecule has 2 aromatic rings. The van der Waals surface area contributed by atoms with Gasteiger partial charge in [0.2, 0.25) is 0 Å². The highest BCUT2D eigenvalue weighted by atomic mass is 32.1. The minimum absolute atomic E-state index is 0.502. The third kappa shape index (κ3) is 1.68. The summed E-state index contributed by atoms with van der Waals surface area (Å²) in [7, 11) is 0. The van der Waals surface area contributed by atoms with E-state index in [1.54, 1.807) is 11.3 Å². The molecule has 0 spiro atoms. The van der Waals surface area contributed by atoms with E-state index in [0.29, 0.717) is 6.42 Å². The number of thiophene rings is 1. The Morgan fingerprint density at radius 1 is 1.14 bits per heavy atom. The van der Waals surface area contributed by atoms with Gasteiger partial charge in [-0.2, -0.15) is 5.26 Å². The Balaban J connectivity index is 2.43. The monoisotopic (exact) mass is 199 g/mol. The van der Waals surface area contributed by atoms with Gasteiger partial charge < -0.3 is 0 Å². The normalized spacial score (nSPS) is 9.64. The predicted octanol–water partition coefficient (Wildman–Crippen LogP) is 3.48. The second kappa shape index (κ2) is 4.08. The Morgan fingerprint density at radius 2 is 1.93 bits per heavy atom. The number of hydrogen-bond acceptors (Lipinski definition) is 2. The van der Waals surface area contributed by atoms with Crippen LogP contribution in [0.2, 0.25) is 0 Å². The second-order valence-electron chi connectivity index (χ2n) is 2.96. The van der Waals surface area contributed by atoms with Gasteiger partial charge in [-0.25, -0.2) is 0 Å². The van der Waals surface area contributed by atoms with E-state index in [1.165, 1.54) is 11.1 Å². The van der Waals surface area contributed by atoms with Crippen molar-refractivity contribution in [1.82, 2.24) is 0 Å². The highest BCUT2D eigenvalue weighted by Crippen LogP contribution is 2.28. The van der Waals surface area contributed by atoms with E-state index in [1.807, 2.05) is 23.6 Å². The third-order valence-electron chi connectivity index (χ3n) is 2.07. The highest BCUT2D eigenvalue weighted by molar-refractivity contribution is 7.10. The lowest BCUT2D eigenvalue weighted by molar-refractivity contribution is 1.32. The molecule has 0 aliphatic carbocycles. The highest BCUT2D eigenvalue weighted by Gasteiger charge is 2.04. The van der Waals surface area contributed by atoms with Gasteiger partial charge in [-0.3, -0.25) is 0 Å². The molecule has 0 aliphatic rings. The van der Waals surface area contributed by atoms with Crippen LogP contribution in [0.4, 0.5) is 0 Å². The quantitative estimate of drug-likeness (QED) is 0.726. The fourth-order valence-corrected chi connectivity index (χ4v) is 2.25. The summed E-state index contributed by atoms with van der Waals surface area (Å²) in [6.45, 7) is 0. The van der Waals surface area contributed by atoms with E-state index >= 15 is 0 Å². The number of hydrogen-bond donors (Lipinski definition) is 0. The minimum atomic E-state index is 0.502. The van der Waals surface area contributed by atoms with Crippen LogP contribution in [-0.2, 0) is 6.42 Å². The Bertz CT molecular complexity index is 451. The van der Waals surface area contributed by atoms with Crippen molar-refractivity contribution in [1.29, 1.82) is 5.26 Å². The summed E-state index contributed by atoms with van der Waals surface area (Å²) in [4.78, 5) is 1.15. The van der Waals surface area contributed by atoms with E-state index in [2.05, 4.69) is 24.3 Å². The molecule has 68 valence electrons. The van der Waals surface area contributed by atoms with Crippen LogP contribution in [-0.4, -0.2) is 0 Å². The average molecular weight is 199 g/mol. The summed E-state index contributed by atoms with van der Waals surface area (Å²) < 4.78 is 0. The van der Waals surface area contributed by atoms with Gasteiger partial charge in [0.05, 0.1) is 12.5 Å². The molecule has 0 aliphatic heterocycles. The minimum Gasteiger partial charge on any atom is -0.198 e. The van der Waals surface area contributed by atoms with Crippen molar-refractivity contribution in [3.05, 3.63) is 46.7 Å². The van der Waals surface area contributed by atoms with Crippen molar-refractivity contribution in [2.45, 2.75) is 6.42 Å². The van der Waals surface area contributed by atoms with E-state index in [9.17, 15) is 0 Å². The fraction of sp³-hybridized carbons (Fsp3) is 0.0833. The molecule has 0 radical (unpaired) electrons. The molecule has 0 atom stereocenters. The largest absolute Gasteiger partial charge is 0.198 e. The third-order valence-corrected chi connectivity index (χ3v) is 2.99. The Morgan fingerprint density at radius 3 is 2.64 bits per heavy atom. The SMILES string of the molecule is N#CCc1sccc1-c1ccccc1. The first-order valence-electron chi connectivity index (χ1n) is 4.40. The van der Waals surface area contributed by atoms with Crippen molar-refractivity contribution in [3.8, 4) is 17.2 Å². The van der Waals surface area contributed by atoms with Crippen LogP contribution < -0.4 is 0 Å². The molecular weight excluding hydrogens is 190 g/mol. The molecule has 1 nitrogen and oxygen atoms in total. The molecular formula is C12H9NS. The number of rotatable bonds is 2. The molecule has 1 aromatic carbocycles.